The first-order valence-electron chi connectivity index (χ1n) is 8.15. The highest BCUT2D eigenvalue weighted by molar-refractivity contribution is 7.07. The Morgan fingerprint density at radius 3 is 2.86 bits per heavy atom. The summed E-state index contributed by atoms with van der Waals surface area (Å²) in [6.07, 6.45) is 2.32. The molecule has 0 bridgehead atoms. The van der Waals surface area contributed by atoms with Gasteiger partial charge >= 0.3 is 0 Å². The minimum absolute atomic E-state index is 0.308. The van der Waals surface area contributed by atoms with Crippen molar-refractivity contribution in [3.05, 3.63) is 57.3 Å². The molecule has 2 aromatic rings. The van der Waals surface area contributed by atoms with Crippen molar-refractivity contribution in [2.24, 2.45) is 11.7 Å². The summed E-state index contributed by atoms with van der Waals surface area (Å²) >= 11 is 1.79. The fourth-order valence-corrected chi connectivity index (χ4v) is 4.26. The number of thiophene rings is 1. The van der Waals surface area contributed by atoms with E-state index in [1.54, 1.807) is 11.3 Å². The summed E-state index contributed by atoms with van der Waals surface area (Å²) < 4.78 is 0. The molecule has 118 valence electrons. The van der Waals surface area contributed by atoms with Crippen LogP contribution in [-0.2, 0) is 13.0 Å². The van der Waals surface area contributed by atoms with Gasteiger partial charge in [-0.1, -0.05) is 23.8 Å². The Bertz CT molecular complexity index is 606. The Morgan fingerprint density at radius 2 is 2.09 bits per heavy atom. The molecule has 2 heterocycles. The molecule has 0 aliphatic carbocycles. The maximum absolute atomic E-state index is 6.33. The van der Waals surface area contributed by atoms with Crippen molar-refractivity contribution in [3.8, 4) is 0 Å². The lowest BCUT2D eigenvalue weighted by Crippen LogP contribution is -2.47. The number of piperidine rings is 1. The lowest BCUT2D eigenvalue weighted by Gasteiger charge is -2.36. The number of aryl methyl sites for hydroxylation is 2. The van der Waals surface area contributed by atoms with Crippen LogP contribution in [-0.4, -0.2) is 24.0 Å². The van der Waals surface area contributed by atoms with Crippen LogP contribution in [0.25, 0.3) is 0 Å². The summed E-state index contributed by atoms with van der Waals surface area (Å²) in [5.74, 6) is 0.684. The molecule has 3 heteroatoms. The molecular weight excluding hydrogens is 288 g/mol. The van der Waals surface area contributed by atoms with Crippen LogP contribution >= 0.6 is 11.3 Å². The van der Waals surface area contributed by atoms with E-state index in [2.05, 4.69) is 53.8 Å². The van der Waals surface area contributed by atoms with Gasteiger partial charge in [-0.2, -0.15) is 11.3 Å². The van der Waals surface area contributed by atoms with E-state index in [0.29, 0.717) is 12.0 Å². The van der Waals surface area contributed by atoms with Crippen LogP contribution in [0.3, 0.4) is 0 Å². The maximum atomic E-state index is 6.33. The summed E-state index contributed by atoms with van der Waals surface area (Å²) in [5.41, 5.74) is 12.0. The van der Waals surface area contributed by atoms with E-state index < -0.39 is 0 Å². The van der Waals surface area contributed by atoms with Crippen molar-refractivity contribution in [2.75, 3.05) is 13.1 Å². The number of benzene rings is 1. The molecule has 2 unspecified atom stereocenters. The van der Waals surface area contributed by atoms with Gasteiger partial charge in [0.15, 0.2) is 0 Å². The molecule has 3 rings (SSSR count). The lowest BCUT2D eigenvalue weighted by molar-refractivity contribution is 0.149. The number of likely N-dealkylation sites (tertiary alicyclic amines) is 1. The highest BCUT2D eigenvalue weighted by Gasteiger charge is 2.25. The Kier molecular flexibility index (Phi) is 4.97. The quantitative estimate of drug-likeness (QED) is 0.931. The normalized spacial score (nSPS) is 22.9. The van der Waals surface area contributed by atoms with Gasteiger partial charge in [0, 0.05) is 25.7 Å². The van der Waals surface area contributed by atoms with Crippen molar-refractivity contribution in [1.29, 1.82) is 0 Å². The summed E-state index contributed by atoms with van der Waals surface area (Å²) in [7, 11) is 0. The predicted molar refractivity (Wildman–Crippen MR) is 95.3 cm³/mol. The van der Waals surface area contributed by atoms with Gasteiger partial charge in [-0.25, -0.2) is 0 Å². The van der Waals surface area contributed by atoms with E-state index in [9.17, 15) is 0 Å². The van der Waals surface area contributed by atoms with E-state index in [0.717, 1.165) is 26.1 Å². The molecule has 1 aromatic carbocycles. The van der Waals surface area contributed by atoms with Crippen molar-refractivity contribution >= 4 is 11.3 Å². The highest BCUT2D eigenvalue weighted by Crippen LogP contribution is 2.23. The van der Waals surface area contributed by atoms with Crippen molar-refractivity contribution in [1.82, 2.24) is 4.90 Å². The van der Waals surface area contributed by atoms with Crippen LogP contribution in [0, 0.1) is 19.8 Å². The molecule has 0 radical (unpaired) electrons. The molecule has 22 heavy (non-hydrogen) atoms. The zero-order valence-corrected chi connectivity index (χ0v) is 14.4. The zero-order valence-electron chi connectivity index (χ0n) is 13.6. The van der Waals surface area contributed by atoms with Gasteiger partial charge in [-0.15, -0.1) is 0 Å². The van der Waals surface area contributed by atoms with Crippen molar-refractivity contribution in [2.45, 2.75) is 39.3 Å². The summed E-state index contributed by atoms with van der Waals surface area (Å²) in [5, 5.41) is 4.45. The van der Waals surface area contributed by atoms with Crippen LogP contribution < -0.4 is 5.73 Å². The average molecular weight is 314 g/mol. The van der Waals surface area contributed by atoms with E-state index in [1.165, 1.54) is 28.7 Å². The van der Waals surface area contributed by atoms with Crippen LogP contribution in [0.15, 0.2) is 35.0 Å². The Balaban J connectivity index is 1.66. The van der Waals surface area contributed by atoms with Crippen LogP contribution in [0.1, 0.15) is 28.7 Å². The van der Waals surface area contributed by atoms with Gasteiger partial charge in [-0.05, 0) is 66.1 Å². The SMILES string of the molecule is Cc1ccc(C)c(CN2CC(N)CC(Cc3ccsc3)C2)c1. The van der Waals surface area contributed by atoms with Crippen molar-refractivity contribution < 1.29 is 0 Å². The second kappa shape index (κ2) is 6.95. The summed E-state index contributed by atoms with van der Waals surface area (Å²) in [6.45, 7) is 7.59. The van der Waals surface area contributed by atoms with Crippen LogP contribution in [0.4, 0.5) is 0 Å². The van der Waals surface area contributed by atoms with Gasteiger partial charge in [0.1, 0.15) is 0 Å². The number of nitrogens with two attached hydrogens (primary N) is 1. The third-order valence-electron chi connectivity index (χ3n) is 4.65. The second-order valence-electron chi connectivity index (χ2n) is 6.82. The molecule has 1 aromatic heterocycles. The topological polar surface area (TPSA) is 29.3 Å². The summed E-state index contributed by atoms with van der Waals surface area (Å²) in [6, 6.07) is 9.31. The molecule has 0 amide bonds. The number of hydrogen-bond acceptors (Lipinski definition) is 3. The van der Waals surface area contributed by atoms with Gasteiger partial charge in [0.25, 0.3) is 0 Å². The van der Waals surface area contributed by atoms with Gasteiger partial charge < -0.3 is 5.73 Å². The summed E-state index contributed by atoms with van der Waals surface area (Å²) in [4.78, 5) is 2.55. The monoisotopic (exact) mass is 314 g/mol. The standard InChI is InChI=1S/C19H26N2S/c1-14-3-4-15(2)18(7-14)11-21-10-17(9-19(20)12-21)8-16-5-6-22-13-16/h3-7,13,17,19H,8-12,20H2,1-2H3. The van der Waals surface area contributed by atoms with E-state index >= 15 is 0 Å². The van der Waals surface area contributed by atoms with Gasteiger partial charge in [0.2, 0.25) is 0 Å². The maximum Gasteiger partial charge on any atom is 0.0237 e. The van der Waals surface area contributed by atoms with Crippen LogP contribution in [0.5, 0.6) is 0 Å². The number of nitrogens with zero attached hydrogens (tertiary/aromatic N) is 1. The first kappa shape index (κ1) is 15.7. The molecule has 0 saturated carbocycles. The van der Waals surface area contributed by atoms with Gasteiger partial charge in [-0.3, -0.25) is 4.90 Å². The van der Waals surface area contributed by atoms with Crippen molar-refractivity contribution in [3.63, 3.8) is 0 Å². The molecule has 1 fully saturated rings. The minimum atomic E-state index is 0.308. The Hall–Kier alpha value is -1.16. The molecule has 0 spiro atoms. The molecule has 2 atom stereocenters. The first-order valence-corrected chi connectivity index (χ1v) is 9.09. The smallest absolute Gasteiger partial charge is 0.0237 e. The van der Waals surface area contributed by atoms with E-state index in [-0.39, 0.29) is 0 Å². The van der Waals surface area contributed by atoms with Gasteiger partial charge in [0.05, 0.1) is 0 Å². The average Bonchev–Trinajstić information content (AvgIpc) is 2.95. The largest absolute Gasteiger partial charge is 0.327 e. The fraction of sp³-hybridized carbons (Fsp3) is 0.474. The molecule has 2 nitrogen and oxygen atoms in total. The molecule has 1 saturated heterocycles. The van der Waals surface area contributed by atoms with Crippen LogP contribution in [0.2, 0.25) is 0 Å². The Morgan fingerprint density at radius 1 is 1.23 bits per heavy atom. The molecule has 1 aliphatic rings. The fourth-order valence-electron chi connectivity index (χ4n) is 3.58. The predicted octanol–water partition coefficient (Wildman–Crippen LogP) is 3.76. The lowest BCUT2D eigenvalue weighted by atomic mass is 9.89. The minimum Gasteiger partial charge on any atom is -0.327 e. The highest BCUT2D eigenvalue weighted by atomic mass is 32.1. The number of rotatable bonds is 4. The third-order valence-corrected chi connectivity index (χ3v) is 5.38. The molecule has 1 aliphatic heterocycles. The third kappa shape index (κ3) is 3.97. The number of hydrogen-bond donors (Lipinski definition) is 1. The molecule has 2 N–H and O–H groups in total. The zero-order chi connectivity index (χ0) is 15.5. The first-order chi connectivity index (χ1) is 10.6. The molecular formula is C19H26N2S. The van der Waals surface area contributed by atoms with E-state index in [4.69, 9.17) is 5.73 Å². The van der Waals surface area contributed by atoms with E-state index in [1.807, 2.05) is 0 Å². The Labute approximate surface area is 138 Å². The second-order valence-corrected chi connectivity index (χ2v) is 7.60.